The van der Waals surface area contributed by atoms with Gasteiger partial charge in [0.25, 0.3) is 0 Å². The Kier molecular flexibility index (Phi) is 5.66. The topological polar surface area (TPSA) is 41.1 Å². The van der Waals surface area contributed by atoms with Crippen molar-refractivity contribution in [2.45, 2.75) is 12.6 Å². The van der Waals surface area contributed by atoms with Crippen LogP contribution in [0.5, 0.6) is 0 Å². The Labute approximate surface area is 140 Å². The third-order valence-corrected chi connectivity index (χ3v) is 3.36. The molecule has 0 saturated heterocycles. The number of hydrogen-bond acceptors (Lipinski definition) is 1. The SMILES string of the molecule is O=C(NCCc1cccc(F)c1)Nc1ccc(Cl)cc1C(F)(F)F. The number of carbonyl (C=O) groups excluding carboxylic acids is 1. The van der Waals surface area contributed by atoms with E-state index in [1.54, 1.807) is 6.07 Å². The lowest BCUT2D eigenvalue weighted by Crippen LogP contribution is -2.31. The zero-order chi connectivity index (χ0) is 17.7. The molecule has 0 bridgehead atoms. The number of rotatable bonds is 4. The summed E-state index contributed by atoms with van der Waals surface area (Å²) in [7, 11) is 0. The molecule has 24 heavy (non-hydrogen) atoms. The van der Waals surface area contributed by atoms with Crippen molar-refractivity contribution in [3.05, 3.63) is 64.4 Å². The van der Waals surface area contributed by atoms with Gasteiger partial charge in [-0.3, -0.25) is 0 Å². The summed E-state index contributed by atoms with van der Waals surface area (Å²) < 4.78 is 51.8. The summed E-state index contributed by atoms with van der Waals surface area (Å²) in [4.78, 5) is 11.7. The Morgan fingerprint density at radius 3 is 2.54 bits per heavy atom. The summed E-state index contributed by atoms with van der Waals surface area (Å²) in [5.74, 6) is -0.395. The van der Waals surface area contributed by atoms with Crippen molar-refractivity contribution in [2.24, 2.45) is 0 Å². The summed E-state index contributed by atoms with van der Waals surface area (Å²) in [6.07, 6.45) is -4.30. The Morgan fingerprint density at radius 1 is 1.12 bits per heavy atom. The van der Waals surface area contributed by atoms with Gasteiger partial charge in [0.2, 0.25) is 0 Å². The fraction of sp³-hybridized carbons (Fsp3) is 0.188. The Balaban J connectivity index is 1.95. The lowest BCUT2D eigenvalue weighted by atomic mass is 10.1. The molecular weight excluding hydrogens is 348 g/mol. The zero-order valence-electron chi connectivity index (χ0n) is 12.3. The molecule has 0 atom stereocenters. The number of anilines is 1. The molecule has 2 N–H and O–H groups in total. The van der Waals surface area contributed by atoms with Gasteiger partial charge in [0.1, 0.15) is 5.82 Å². The summed E-state index contributed by atoms with van der Waals surface area (Å²) in [6, 6.07) is 8.11. The molecular formula is C16H13ClF4N2O. The van der Waals surface area contributed by atoms with Crippen molar-refractivity contribution in [2.75, 3.05) is 11.9 Å². The molecule has 0 heterocycles. The first-order valence-electron chi connectivity index (χ1n) is 6.92. The van der Waals surface area contributed by atoms with Crippen LogP contribution in [-0.2, 0) is 12.6 Å². The van der Waals surface area contributed by atoms with E-state index in [0.29, 0.717) is 12.0 Å². The minimum absolute atomic E-state index is 0.0839. The van der Waals surface area contributed by atoms with E-state index in [1.807, 2.05) is 0 Å². The van der Waals surface area contributed by atoms with E-state index in [-0.39, 0.29) is 11.6 Å². The Hall–Kier alpha value is -2.28. The van der Waals surface area contributed by atoms with Crippen molar-refractivity contribution in [3.8, 4) is 0 Å². The van der Waals surface area contributed by atoms with E-state index in [1.165, 1.54) is 24.3 Å². The molecule has 0 spiro atoms. The first kappa shape index (κ1) is 18.1. The number of amides is 2. The maximum atomic E-state index is 13.0. The second-order valence-electron chi connectivity index (χ2n) is 4.95. The summed E-state index contributed by atoms with van der Waals surface area (Å²) in [5, 5.41) is 4.47. The van der Waals surface area contributed by atoms with Gasteiger partial charge in [-0.05, 0) is 42.3 Å². The van der Waals surface area contributed by atoms with Crippen LogP contribution in [0.3, 0.4) is 0 Å². The predicted molar refractivity (Wildman–Crippen MR) is 83.6 cm³/mol. The molecule has 0 aliphatic rings. The molecule has 0 aromatic heterocycles. The van der Waals surface area contributed by atoms with Crippen molar-refractivity contribution >= 4 is 23.3 Å². The second kappa shape index (κ2) is 7.53. The number of carbonyl (C=O) groups is 1. The first-order chi connectivity index (χ1) is 11.3. The molecule has 0 fully saturated rings. The molecule has 0 aliphatic heterocycles. The highest BCUT2D eigenvalue weighted by molar-refractivity contribution is 6.30. The molecule has 128 valence electrons. The standard InChI is InChI=1S/C16H13ClF4N2O/c17-11-4-5-14(13(9-11)16(19,20)21)23-15(24)22-7-6-10-2-1-3-12(18)8-10/h1-5,8-9H,6-7H2,(H2,22,23,24). The quantitative estimate of drug-likeness (QED) is 0.751. The smallest absolute Gasteiger partial charge is 0.338 e. The van der Waals surface area contributed by atoms with E-state index in [2.05, 4.69) is 10.6 Å². The number of nitrogens with one attached hydrogen (secondary N) is 2. The van der Waals surface area contributed by atoms with Crippen LogP contribution in [0, 0.1) is 5.82 Å². The molecule has 2 aromatic rings. The van der Waals surface area contributed by atoms with Gasteiger partial charge in [-0.25, -0.2) is 9.18 Å². The van der Waals surface area contributed by atoms with Crippen LogP contribution in [0.4, 0.5) is 28.0 Å². The monoisotopic (exact) mass is 360 g/mol. The minimum atomic E-state index is -4.64. The molecule has 2 amide bonds. The van der Waals surface area contributed by atoms with Crippen molar-refractivity contribution in [1.29, 1.82) is 0 Å². The van der Waals surface area contributed by atoms with Gasteiger partial charge in [0.05, 0.1) is 11.3 Å². The number of benzene rings is 2. The van der Waals surface area contributed by atoms with Crippen LogP contribution in [0.2, 0.25) is 5.02 Å². The second-order valence-corrected chi connectivity index (χ2v) is 5.38. The third-order valence-electron chi connectivity index (χ3n) is 3.12. The van der Waals surface area contributed by atoms with E-state index in [9.17, 15) is 22.4 Å². The highest BCUT2D eigenvalue weighted by Crippen LogP contribution is 2.36. The van der Waals surface area contributed by atoms with E-state index < -0.39 is 29.3 Å². The molecule has 2 aromatic carbocycles. The van der Waals surface area contributed by atoms with Gasteiger partial charge in [0, 0.05) is 11.6 Å². The number of alkyl halides is 3. The van der Waals surface area contributed by atoms with Gasteiger partial charge in [0.15, 0.2) is 0 Å². The van der Waals surface area contributed by atoms with Crippen LogP contribution in [-0.4, -0.2) is 12.6 Å². The third kappa shape index (κ3) is 5.13. The predicted octanol–water partition coefficient (Wildman–Crippen LogP) is 4.86. The minimum Gasteiger partial charge on any atom is -0.338 e. The molecule has 0 saturated carbocycles. The Bertz CT molecular complexity index is 734. The van der Waals surface area contributed by atoms with Crippen LogP contribution in [0.15, 0.2) is 42.5 Å². The number of hydrogen-bond donors (Lipinski definition) is 2. The highest BCUT2D eigenvalue weighted by Gasteiger charge is 2.34. The van der Waals surface area contributed by atoms with Crippen molar-refractivity contribution < 1.29 is 22.4 Å². The molecule has 8 heteroatoms. The van der Waals surface area contributed by atoms with Crippen LogP contribution < -0.4 is 10.6 Å². The van der Waals surface area contributed by atoms with E-state index >= 15 is 0 Å². The van der Waals surface area contributed by atoms with E-state index in [0.717, 1.165) is 12.1 Å². The van der Waals surface area contributed by atoms with Crippen molar-refractivity contribution in [3.63, 3.8) is 0 Å². The van der Waals surface area contributed by atoms with Gasteiger partial charge < -0.3 is 10.6 Å². The van der Waals surface area contributed by atoms with Crippen LogP contribution >= 0.6 is 11.6 Å². The van der Waals surface area contributed by atoms with E-state index in [4.69, 9.17) is 11.6 Å². The van der Waals surface area contributed by atoms with Gasteiger partial charge in [-0.15, -0.1) is 0 Å². The van der Waals surface area contributed by atoms with Crippen LogP contribution in [0.25, 0.3) is 0 Å². The number of halogens is 5. The Morgan fingerprint density at radius 2 is 1.88 bits per heavy atom. The highest BCUT2D eigenvalue weighted by atomic mass is 35.5. The zero-order valence-corrected chi connectivity index (χ0v) is 13.0. The fourth-order valence-electron chi connectivity index (χ4n) is 2.04. The van der Waals surface area contributed by atoms with Gasteiger partial charge >= 0.3 is 12.2 Å². The average molecular weight is 361 g/mol. The maximum absolute atomic E-state index is 13.0. The molecule has 0 unspecified atom stereocenters. The fourth-order valence-corrected chi connectivity index (χ4v) is 2.21. The average Bonchev–Trinajstić information content (AvgIpc) is 2.48. The molecule has 0 aliphatic carbocycles. The summed E-state index contributed by atoms with van der Waals surface area (Å²) in [6.45, 7) is 0.143. The number of urea groups is 1. The maximum Gasteiger partial charge on any atom is 0.418 e. The summed E-state index contributed by atoms with van der Waals surface area (Å²) >= 11 is 5.56. The van der Waals surface area contributed by atoms with Gasteiger partial charge in [-0.2, -0.15) is 13.2 Å². The molecule has 0 radical (unpaired) electrons. The van der Waals surface area contributed by atoms with Gasteiger partial charge in [-0.1, -0.05) is 23.7 Å². The molecule has 2 rings (SSSR count). The van der Waals surface area contributed by atoms with Crippen LogP contribution in [0.1, 0.15) is 11.1 Å². The first-order valence-corrected chi connectivity index (χ1v) is 7.29. The lowest BCUT2D eigenvalue weighted by molar-refractivity contribution is -0.136. The largest absolute Gasteiger partial charge is 0.418 e. The summed E-state index contributed by atoms with van der Waals surface area (Å²) in [5.41, 5.74) is -0.761. The van der Waals surface area contributed by atoms with Crippen molar-refractivity contribution in [1.82, 2.24) is 5.32 Å². The lowest BCUT2D eigenvalue weighted by Gasteiger charge is -2.14. The molecule has 3 nitrogen and oxygen atoms in total. The normalized spacial score (nSPS) is 11.2.